The lowest BCUT2D eigenvalue weighted by Crippen LogP contribution is -2.20. The van der Waals surface area contributed by atoms with Crippen LogP contribution in [0.2, 0.25) is 0 Å². The summed E-state index contributed by atoms with van der Waals surface area (Å²) >= 11 is 0. The van der Waals surface area contributed by atoms with Gasteiger partial charge in [0, 0.05) is 42.0 Å². The van der Waals surface area contributed by atoms with E-state index in [2.05, 4.69) is 27.1 Å². The molecule has 0 radical (unpaired) electrons. The highest BCUT2D eigenvalue weighted by atomic mass is 16.5. The Hall–Kier alpha value is -2.60. The molecule has 0 amide bonds. The van der Waals surface area contributed by atoms with Gasteiger partial charge in [-0.3, -0.25) is 14.8 Å². The summed E-state index contributed by atoms with van der Waals surface area (Å²) < 4.78 is 6.88. The lowest BCUT2D eigenvalue weighted by atomic mass is 10.1. The van der Waals surface area contributed by atoms with Crippen molar-refractivity contribution in [1.29, 1.82) is 0 Å². The first kappa shape index (κ1) is 16.8. The summed E-state index contributed by atoms with van der Waals surface area (Å²) in [6, 6.07) is 10.2. The zero-order chi connectivity index (χ0) is 18.3. The van der Waals surface area contributed by atoms with Crippen LogP contribution in [0.5, 0.6) is 5.75 Å². The number of nitrogens with zero attached hydrogens (tertiary/aromatic N) is 3. The molecule has 26 heavy (non-hydrogen) atoms. The Morgan fingerprint density at radius 2 is 2.15 bits per heavy atom. The van der Waals surface area contributed by atoms with Crippen molar-refractivity contribution in [1.82, 2.24) is 19.5 Å². The first-order chi connectivity index (χ1) is 12.5. The zero-order valence-electron chi connectivity index (χ0n) is 15.5. The van der Waals surface area contributed by atoms with E-state index in [-0.39, 0.29) is 5.56 Å². The molecule has 4 rings (SSSR count). The van der Waals surface area contributed by atoms with Crippen molar-refractivity contribution in [3.63, 3.8) is 0 Å². The smallest absolute Gasteiger partial charge is 0.275 e. The maximum atomic E-state index is 12.4. The molecular formula is C20H24N4O2. The standard InChI is InChI=1S/C20H24N4O2/c1-13-14(2)21-19-10-18(22-24(19)20(13)25)16-7-8-23(12-16)11-15-5-4-6-17(9-15)26-3/h4-6,9-10,16,22H,7-8,11-12H2,1-3H3/t16-/m1/s1. The van der Waals surface area contributed by atoms with Crippen molar-refractivity contribution >= 4 is 5.65 Å². The predicted molar refractivity (Wildman–Crippen MR) is 101 cm³/mol. The first-order valence-electron chi connectivity index (χ1n) is 8.99. The Kier molecular flexibility index (Phi) is 4.28. The summed E-state index contributed by atoms with van der Waals surface area (Å²) in [7, 11) is 1.69. The number of likely N-dealkylation sites (tertiary alicyclic amines) is 1. The van der Waals surface area contributed by atoms with Crippen LogP contribution in [0.25, 0.3) is 5.65 Å². The first-order valence-corrected chi connectivity index (χ1v) is 8.99. The maximum absolute atomic E-state index is 12.4. The molecule has 3 heterocycles. The van der Waals surface area contributed by atoms with Crippen LogP contribution in [-0.2, 0) is 6.54 Å². The van der Waals surface area contributed by atoms with Gasteiger partial charge in [-0.05, 0) is 44.5 Å². The molecule has 2 aromatic heterocycles. The molecule has 0 saturated carbocycles. The van der Waals surface area contributed by atoms with Gasteiger partial charge in [0.15, 0.2) is 5.65 Å². The van der Waals surface area contributed by atoms with Gasteiger partial charge in [0.2, 0.25) is 0 Å². The monoisotopic (exact) mass is 352 g/mol. The third-order valence-corrected chi connectivity index (χ3v) is 5.36. The van der Waals surface area contributed by atoms with Crippen LogP contribution < -0.4 is 10.3 Å². The Morgan fingerprint density at radius 3 is 2.96 bits per heavy atom. The zero-order valence-corrected chi connectivity index (χ0v) is 15.5. The van der Waals surface area contributed by atoms with E-state index in [1.807, 2.05) is 32.0 Å². The number of fused-ring (bicyclic) bond motifs is 1. The molecule has 0 bridgehead atoms. The van der Waals surface area contributed by atoms with E-state index in [1.54, 1.807) is 11.6 Å². The van der Waals surface area contributed by atoms with Crippen molar-refractivity contribution in [3.8, 4) is 5.75 Å². The second-order valence-electron chi connectivity index (χ2n) is 7.10. The molecule has 6 heteroatoms. The molecule has 1 saturated heterocycles. The van der Waals surface area contributed by atoms with Gasteiger partial charge in [-0.2, -0.15) is 0 Å². The molecule has 3 aromatic rings. The number of aryl methyl sites for hydroxylation is 1. The van der Waals surface area contributed by atoms with E-state index >= 15 is 0 Å². The molecule has 1 aliphatic rings. The molecule has 1 N–H and O–H groups in total. The Morgan fingerprint density at radius 1 is 1.31 bits per heavy atom. The highest BCUT2D eigenvalue weighted by Gasteiger charge is 2.26. The molecule has 0 aliphatic carbocycles. The molecule has 0 unspecified atom stereocenters. The Labute approximate surface area is 152 Å². The minimum absolute atomic E-state index is 0.00927. The van der Waals surface area contributed by atoms with E-state index in [0.717, 1.165) is 43.2 Å². The lowest BCUT2D eigenvalue weighted by molar-refractivity contribution is 0.325. The van der Waals surface area contributed by atoms with E-state index in [4.69, 9.17) is 4.74 Å². The Bertz CT molecular complexity index is 1000. The van der Waals surface area contributed by atoms with Crippen molar-refractivity contribution in [2.75, 3.05) is 20.2 Å². The second-order valence-corrected chi connectivity index (χ2v) is 7.10. The van der Waals surface area contributed by atoms with E-state index < -0.39 is 0 Å². The number of benzene rings is 1. The van der Waals surface area contributed by atoms with Crippen molar-refractivity contribution in [3.05, 3.63) is 63.2 Å². The number of aromatic nitrogens is 3. The lowest BCUT2D eigenvalue weighted by Gasteiger charge is -2.16. The molecular weight excluding hydrogens is 328 g/mol. The minimum Gasteiger partial charge on any atom is -0.497 e. The number of ether oxygens (including phenoxy) is 1. The van der Waals surface area contributed by atoms with E-state index in [9.17, 15) is 4.79 Å². The van der Waals surface area contributed by atoms with Crippen LogP contribution >= 0.6 is 0 Å². The van der Waals surface area contributed by atoms with Crippen LogP contribution in [0, 0.1) is 13.8 Å². The maximum Gasteiger partial charge on any atom is 0.275 e. The molecule has 1 fully saturated rings. The summed E-state index contributed by atoms with van der Waals surface area (Å²) in [5.41, 5.74) is 4.54. The summed E-state index contributed by atoms with van der Waals surface area (Å²) in [5, 5.41) is 3.27. The molecule has 6 nitrogen and oxygen atoms in total. The average Bonchev–Trinajstić information content (AvgIpc) is 3.27. The summed E-state index contributed by atoms with van der Waals surface area (Å²) in [4.78, 5) is 19.4. The largest absolute Gasteiger partial charge is 0.497 e. The van der Waals surface area contributed by atoms with E-state index in [0.29, 0.717) is 17.1 Å². The van der Waals surface area contributed by atoms with Crippen LogP contribution in [-0.4, -0.2) is 39.7 Å². The fraction of sp³-hybridized carbons (Fsp3) is 0.400. The number of hydrogen-bond acceptors (Lipinski definition) is 4. The predicted octanol–water partition coefficient (Wildman–Crippen LogP) is 2.64. The van der Waals surface area contributed by atoms with Gasteiger partial charge in [-0.1, -0.05) is 12.1 Å². The topological polar surface area (TPSA) is 62.6 Å². The van der Waals surface area contributed by atoms with Gasteiger partial charge in [-0.15, -0.1) is 0 Å². The second kappa shape index (κ2) is 6.61. The summed E-state index contributed by atoms with van der Waals surface area (Å²) in [5.74, 6) is 1.28. The molecule has 0 spiro atoms. The SMILES string of the molecule is COc1cccc(CN2CC[C@@H](c3cc4nc(C)c(C)c(=O)n4[nH]3)C2)c1. The highest BCUT2D eigenvalue weighted by Crippen LogP contribution is 2.28. The third-order valence-electron chi connectivity index (χ3n) is 5.36. The van der Waals surface area contributed by atoms with Gasteiger partial charge >= 0.3 is 0 Å². The van der Waals surface area contributed by atoms with Crippen molar-refractivity contribution in [2.45, 2.75) is 32.7 Å². The minimum atomic E-state index is -0.00927. The molecule has 1 aromatic carbocycles. The molecule has 1 atom stereocenters. The van der Waals surface area contributed by atoms with Crippen LogP contribution in [0.3, 0.4) is 0 Å². The van der Waals surface area contributed by atoms with E-state index in [1.165, 1.54) is 5.56 Å². The molecule has 1 aliphatic heterocycles. The highest BCUT2D eigenvalue weighted by molar-refractivity contribution is 5.42. The number of hydrogen-bond donors (Lipinski definition) is 1. The average molecular weight is 352 g/mol. The Balaban J connectivity index is 1.52. The van der Waals surface area contributed by atoms with Crippen LogP contribution in [0.1, 0.15) is 34.9 Å². The van der Waals surface area contributed by atoms with Crippen molar-refractivity contribution < 1.29 is 4.74 Å². The van der Waals surface area contributed by atoms with Gasteiger partial charge in [0.1, 0.15) is 5.75 Å². The fourth-order valence-electron chi connectivity index (χ4n) is 3.71. The van der Waals surface area contributed by atoms with Crippen LogP contribution in [0.4, 0.5) is 0 Å². The number of aromatic amines is 1. The number of methoxy groups -OCH3 is 1. The fourth-order valence-corrected chi connectivity index (χ4v) is 3.71. The quantitative estimate of drug-likeness (QED) is 0.784. The third kappa shape index (κ3) is 3.01. The van der Waals surface area contributed by atoms with Gasteiger partial charge < -0.3 is 4.74 Å². The normalized spacial score (nSPS) is 17.9. The number of H-pyrrole nitrogens is 1. The van der Waals surface area contributed by atoms with Crippen LogP contribution in [0.15, 0.2) is 35.1 Å². The van der Waals surface area contributed by atoms with Gasteiger partial charge in [0.05, 0.1) is 7.11 Å². The van der Waals surface area contributed by atoms with Gasteiger partial charge in [-0.25, -0.2) is 9.50 Å². The molecule has 136 valence electrons. The summed E-state index contributed by atoms with van der Waals surface area (Å²) in [6.07, 6.45) is 1.07. The van der Waals surface area contributed by atoms with Crippen molar-refractivity contribution in [2.24, 2.45) is 0 Å². The number of nitrogens with one attached hydrogen (secondary N) is 1. The van der Waals surface area contributed by atoms with Gasteiger partial charge in [0.25, 0.3) is 5.56 Å². The summed E-state index contributed by atoms with van der Waals surface area (Å²) in [6.45, 7) is 6.62. The number of rotatable bonds is 4.